The molecule has 19 heavy (non-hydrogen) atoms. The smallest absolute Gasteiger partial charge is 0.274 e. The molecule has 0 aliphatic heterocycles. The SMILES string of the molecule is Cc1[nH]nc(C(=O)NCc2ccc(F)c(F)c2)c1N. The molecule has 100 valence electrons. The summed E-state index contributed by atoms with van der Waals surface area (Å²) >= 11 is 0. The fourth-order valence-corrected chi connectivity index (χ4v) is 1.53. The Hall–Kier alpha value is -2.44. The highest BCUT2D eigenvalue weighted by Crippen LogP contribution is 2.13. The first-order chi connectivity index (χ1) is 8.99. The average Bonchev–Trinajstić information content (AvgIpc) is 2.71. The first-order valence-electron chi connectivity index (χ1n) is 5.51. The second-order valence-corrected chi connectivity index (χ2v) is 4.04. The van der Waals surface area contributed by atoms with Gasteiger partial charge in [-0.25, -0.2) is 8.78 Å². The molecule has 0 unspecified atom stereocenters. The van der Waals surface area contributed by atoms with Crippen molar-refractivity contribution in [3.05, 3.63) is 46.8 Å². The summed E-state index contributed by atoms with van der Waals surface area (Å²) in [6, 6.07) is 3.41. The number of aromatic amines is 1. The number of hydrogen-bond acceptors (Lipinski definition) is 3. The highest BCUT2D eigenvalue weighted by Gasteiger charge is 2.15. The van der Waals surface area contributed by atoms with E-state index in [-0.39, 0.29) is 17.9 Å². The maximum Gasteiger partial charge on any atom is 0.274 e. The molecule has 1 aromatic carbocycles. The molecule has 0 saturated heterocycles. The molecule has 0 bridgehead atoms. The lowest BCUT2D eigenvalue weighted by Crippen LogP contribution is -2.24. The largest absolute Gasteiger partial charge is 0.395 e. The fourth-order valence-electron chi connectivity index (χ4n) is 1.53. The minimum atomic E-state index is -0.957. The van der Waals surface area contributed by atoms with E-state index in [9.17, 15) is 13.6 Å². The van der Waals surface area contributed by atoms with E-state index in [1.54, 1.807) is 6.92 Å². The van der Waals surface area contributed by atoms with Gasteiger partial charge in [-0.2, -0.15) is 5.10 Å². The Kier molecular flexibility index (Phi) is 3.46. The third-order valence-corrected chi connectivity index (χ3v) is 2.65. The van der Waals surface area contributed by atoms with Gasteiger partial charge in [0.25, 0.3) is 5.91 Å². The van der Waals surface area contributed by atoms with Crippen molar-refractivity contribution in [3.8, 4) is 0 Å². The summed E-state index contributed by atoms with van der Waals surface area (Å²) in [6.45, 7) is 1.75. The number of nitrogens with two attached hydrogens (primary N) is 1. The average molecular weight is 266 g/mol. The van der Waals surface area contributed by atoms with Crippen LogP contribution in [0, 0.1) is 18.6 Å². The van der Waals surface area contributed by atoms with Crippen molar-refractivity contribution in [2.24, 2.45) is 0 Å². The molecule has 2 aromatic rings. The predicted molar refractivity (Wildman–Crippen MR) is 65.3 cm³/mol. The normalized spacial score (nSPS) is 10.5. The number of amides is 1. The van der Waals surface area contributed by atoms with E-state index < -0.39 is 17.5 Å². The van der Waals surface area contributed by atoms with Crippen LogP contribution in [0.1, 0.15) is 21.7 Å². The number of aryl methyl sites for hydroxylation is 1. The summed E-state index contributed by atoms with van der Waals surface area (Å²) in [7, 11) is 0. The molecule has 0 atom stereocenters. The predicted octanol–water partition coefficient (Wildman–Crippen LogP) is 1.51. The molecule has 7 heteroatoms. The summed E-state index contributed by atoms with van der Waals surface area (Å²) in [4.78, 5) is 11.8. The maximum atomic E-state index is 13.0. The zero-order valence-corrected chi connectivity index (χ0v) is 10.1. The minimum Gasteiger partial charge on any atom is -0.395 e. The zero-order valence-electron chi connectivity index (χ0n) is 10.1. The Morgan fingerprint density at radius 3 is 2.74 bits per heavy atom. The highest BCUT2D eigenvalue weighted by molar-refractivity contribution is 5.97. The van der Waals surface area contributed by atoms with Crippen LogP contribution in [0.2, 0.25) is 0 Å². The van der Waals surface area contributed by atoms with Crippen molar-refractivity contribution in [2.75, 3.05) is 5.73 Å². The molecular weight excluding hydrogens is 254 g/mol. The van der Waals surface area contributed by atoms with Crippen LogP contribution in [0.15, 0.2) is 18.2 Å². The lowest BCUT2D eigenvalue weighted by atomic mass is 10.2. The maximum absolute atomic E-state index is 13.0. The van der Waals surface area contributed by atoms with Gasteiger partial charge in [-0.15, -0.1) is 0 Å². The Morgan fingerprint density at radius 1 is 1.42 bits per heavy atom. The van der Waals surface area contributed by atoms with Crippen LogP contribution in [0.4, 0.5) is 14.5 Å². The van der Waals surface area contributed by atoms with Gasteiger partial charge in [0, 0.05) is 6.54 Å². The molecule has 2 rings (SSSR count). The molecule has 1 heterocycles. The lowest BCUT2D eigenvalue weighted by Gasteiger charge is -2.04. The quantitative estimate of drug-likeness (QED) is 0.787. The summed E-state index contributed by atoms with van der Waals surface area (Å²) in [6.07, 6.45) is 0. The van der Waals surface area contributed by atoms with Crippen LogP contribution in [-0.4, -0.2) is 16.1 Å². The molecule has 1 amide bonds. The van der Waals surface area contributed by atoms with Gasteiger partial charge in [-0.1, -0.05) is 6.07 Å². The standard InChI is InChI=1S/C12H12F2N4O/c1-6-10(15)11(18-17-6)12(19)16-5-7-2-3-8(13)9(14)4-7/h2-4H,5,15H2,1H3,(H,16,19)(H,17,18). The number of carbonyl (C=O) groups is 1. The van der Waals surface area contributed by atoms with Crippen LogP contribution >= 0.6 is 0 Å². The zero-order chi connectivity index (χ0) is 14.0. The lowest BCUT2D eigenvalue weighted by molar-refractivity contribution is 0.0946. The van der Waals surface area contributed by atoms with Crippen molar-refractivity contribution in [1.29, 1.82) is 0 Å². The highest BCUT2D eigenvalue weighted by atomic mass is 19.2. The number of carbonyl (C=O) groups excluding carboxylic acids is 1. The monoisotopic (exact) mass is 266 g/mol. The van der Waals surface area contributed by atoms with Crippen LogP contribution < -0.4 is 11.1 Å². The van der Waals surface area contributed by atoms with Gasteiger partial charge < -0.3 is 11.1 Å². The number of H-pyrrole nitrogens is 1. The number of nitrogen functional groups attached to an aromatic ring is 1. The molecule has 5 nitrogen and oxygen atoms in total. The van der Waals surface area contributed by atoms with E-state index in [2.05, 4.69) is 15.5 Å². The van der Waals surface area contributed by atoms with E-state index in [4.69, 9.17) is 5.73 Å². The molecule has 0 spiro atoms. The van der Waals surface area contributed by atoms with Crippen LogP contribution in [0.25, 0.3) is 0 Å². The number of nitrogens with zero attached hydrogens (tertiary/aromatic N) is 1. The van der Waals surface area contributed by atoms with Gasteiger partial charge >= 0.3 is 0 Å². The molecule has 0 aliphatic rings. The molecule has 4 N–H and O–H groups in total. The summed E-state index contributed by atoms with van der Waals surface area (Å²) in [5.74, 6) is -2.37. The van der Waals surface area contributed by atoms with Crippen molar-refractivity contribution >= 4 is 11.6 Å². The number of benzene rings is 1. The minimum absolute atomic E-state index is 0.0569. The topological polar surface area (TPSA) is 83.8 Å². The molecule has 1 aromatic heterocycles. The first-order valence-corrected chi connectivity index (χ1v) is 5.51. The van der Waals surface area contributed by atoms with Gasteiger partial charge in [0.05, 0.1) is 11.4 Å². The van der Waals surface area contributed by atoms with Gasteiger partial charge in [-0.3, -0.25) is 9.89 Å². The summed E-state index contributed by atoms with van der Waals surface area (Å²) in [5.41, 5.74) is 7.04. The van der Waals surface area contributed by atoms with E-state index in [1.807, 2.05) is 0 Å². The third kappa shape index (κ3) is 2.70. The van der Waals surface area contributed by atoms with Crippen LogP contribution in [0.3, 0.4) is 0 Å². The number of rotatable bonds is 3. The summed E-state index contributed by atoms with van der Waals surface area (Å²) in [5, 5.41) is 8.88. The number of anilines is 1. The third-order valence-electron chi connectivity index (χ3n) is 2.65. The molecule has 0 saturated carbocycles. The van der Waals surface area contributed by atoms with Gasteiger partial charge in [0.2, 0.25) is 0 Å². The number of nitrogens with one attached hydrogen (secondary N) is 2. The molecule has 0 aliphatic carbocycles. The number of aromatic nitrogens is 2. The van der Waals surface area contributed by atoms with Crippen molar-refractivity contribution in [2.45, 2.75) is 13.5 Å². The number of hydrogen-bond donors (Lipinski definition) is 3. The van der Waals surface area contributed by atoms with Crippen molar-refractivity contribution in [3.63, 3.8) is 0 Å². The van der Waals surface area contributed by atoms with E-state index >= 15 is 0 Å². The molecule has 0 fully saturated rings. The Labute approximate surface area is 107 Å². The molecule has 0 radical (unpaired) electrons. The Balaban J connectivity index is 2.04. The first kappa shape index (κ1) is 13.0. The number of halogens is 2. The summed E-state index contributed by atoms with van der Waals surface area (Å²) < 4.78 is 25.7. The van der Waals surface area contributed by atoms with E-state index in [0.29, 0.717) is 11.3 Å². The van der Waals surface area contributed by atoms with Gasteiger partial charge in [-0.05, 0) is 24.6 Å². The van der Waals surface area contributed by atoms with Gasteiger partial charge in [0.1, 0.15) is 0 Å². The van der Waals surface area contributed by atoms with E-state index in [1.165, 1.54) is 6.07 Å². The second-order valence-electron chi connectivity index (χ2n) is 4.04. The van der Waals surface area contributed by atoms with Crippen molar-refractivity contribution < 1.29 is 13.6 Å². The van der Waals surface area contributed by atoms with Crippen LogP contribution in [-0.2, 0) is 6.54 Å². The van der Waals surface area contributed by atoms with Gasteiger partial charge in [0.15, 0.2) is 17.3 Å². The Bertz CT molecular complexity index is 624. The Morgan fingerprint density at radius 2 is 2.16 bits per heavy atom. The van der Waals surface area contributed by atoms with Crippen molar-refractivity contribution in [1.82, 2.24) is 15.5 Å². The van der Waals surface area contributed by atoms with Crippen LogP contribution in [0.5, 0.6) is 0 Å². The van der Waals surface area contributed by atoms with E-state index in [0.717, 1.165) is 12.1 Å². The second kappa shape index (κ2) is 5.05. The fraction of sp³-hybridized carbons (Fsp3) is 0.167. The molecular formula is C12H12F2N4O.